The van der Waals surface area contributed by atoms with Crippen LogP contribution < -0.4 is 5.32 Å². The summed E-state index contributed by atoms with van der Waals surface area (Å²) >= 11 is 0. The van der Waals surface area contributed by atoms with Crippen LogP contribution in [0.2, 0.25) is 0 Å². The standard InChI is InChI=1S/C26H23FN2O5S/c1-4-32-25(30)19-14-28-13-18-22(29-21-11-10-17(35(2)3)12-20(21)27)24(34-23(18)19)26(31)33-15-16-8-6-5-7-9-16/h5-14,29H,2,4,15H2,1,3H3. The van der Waals surface area contributed by atoms with Crippen LogP contribution in [0.5, 0.6) is 0 Å². The fourth-order valence-corrected chi connectivity index (χ4v) is 3.98. The minimum atomic E-state index is -0.785. The number of aromatic nitrogens is 1. The Labute approximate surface area is 203 Å². The van der Waals surface area contributed by atoms with Gasteiger partial charge in [-0.15, -0.1) is 0 Å². The van der Waals surface area contributed by atoms with Gasteiger partial charge >= 0.3 is 11.9 Å². The van der Waals surface area contributed by atoms with Gasteiger partial charge in [-0.1, -0.05) is 36.2 Å². The first kappa shape index (κ1) is 24.2. The summed E-state index contributed by atoms with van der Waals surface area (Å²) in [6.45, 7) is 1.83. The van der Waals surface area contributed by atoms with Gasteiger partial charge in [0.2, 0.25) is 5.76 Å². The molecule has 0 saturated heterocycles. The lowest BCUT2D eigenvalue weighted by atomic mass is 10.2. The maximum atomic E-state index is 14.9. The minimum Gasteiger partial charge on any atom is -0.462 e. The van der Waals surface area contributed by atoms with Gasteiger partial charge in [-0.25, -0.2) is 14.0 Å². The largest absolute Gasteiger partial charge is 0.462 e. The number of nitrogens with one attached hydrogen (secondary N) is 1. The van der Waals surface area contributed by atoms with Gasteiger partial charge in [0.15, 0.2) is 5.58 Å². The molecule has 0 spiro atoms. The van der Waals surface area contributed by atoms with Gasteiger partial charge in [0, 0.05) is 17.3 Å². The van der Waals surface area contributed by atoms with E-state index in [1.807, 2.05) is 36.6 Å². The topological polar surface area (TPSA) is 90.7 Å². The van der Waals surface area contributed by atoms with E-state index in [1.165, 1.54) is 18.5 Å². The predicted molar refractivity (Wildman–Crippen MR) is 134 cm³/mol. The molecule has 9 heteroatoms. The van der Waals surface area contributed by atoms with E-state index in [0.29, 0.717) is 5.39 Å². The average Bonchev–Trinajstić information content (AvgIpc) is 3.23. The number of furan rings is 1. The van der Waals surface area contributed by atoms with Crippen molar-refractivity contribution < 1.29 is 27.9 Å². The summed E-state index contributed by atoms with van der Waals surface area (Å²) in [5.74, 6) is 1.74. The second kappa shape index (κ2) is 10.5. The number of rotatable bonds is 8. The molecule has 7 nitrogen and oxygen atoms in total. The smallest absolute Gasteiger partial charge is 0.376 e. The van der Waals surface area contributed by atoms with Crippen molar-refractivity contribution in [2.24, 2.45) is 0 Å². The van der Waals surface area contributed by atoms with Crippen LogP contribution in [0.15, 0.2) is 70.2 Å². The number of ether oxygens (including phenoxy) is 2. The van der Waals surface area contributed by atoms with Gasteiger partial charge in [-0.2, -0.15) is 10.5 Å². The number of carbonyl (C=O) groups excluding carboxylic acids is 2. The molecule has 4 aromatic rings. The van der Waals surface area contributed by atoms with Crippen molar-refractivity contribution in [1.29, 1.82) is 0 Å². The number of carbonyl (C=O) groups is 2. The summed E-state index contributed by atoms with van der Waals surface area (Å²) in [7, 11) is -0.373. The fourth-order valence-electron chi connectivity index (χ4n) is 3.37. The number of anilines is 2. The van der Waals surface area contributed by atoms with Gasteiger partial charge in [-0.05, 0) is 36.9 Å². The molecular weight excluding hydrogens is 471 g/mol. The minimum absolute atomic E-state index is 0.00448. The molecule has 0 radical (unpaired) electrons. The maximum absolute atomic E-state index is 14.9. The SMILES string of the molecule is C=S(C)c1ccc(Nc2c(C(=O)OCc3ccccc3)oc3c(C(=O)OCC)cncc23)c(F)c1. The van der Waals surface area contributed by atoms with E-state index in [9.17, 15) is 14.0 Å². The third-order valence-corrected chi connectivity index (χ3v) is 6.15. The number of esters is 2. The summed E-state index contributed by atoms with van der Waals surface area (Å²) < 4.78 is 31.2. The maximum Gasteiger partial charge on any atom is 0.376 e. The Kier molecular flexibility index (Phi) is 7.26. The van der Waals surface area contributed by atoms with Crippen molar-refractivity contribution in [1.82, 2.24) is 4.98 Å². The monoisotopic (exact) mass is 494 g/mol. The van der Waals surface area contributed by atoms with Crippen LogP contribution in [0.25, 0.3) is 11.0 Å². The number of nitrogens with zero attached hydrogens (tertiary/aromatic N) is 1. The number of pyridine rings is 1. The van der Waals surface area contributed by atoms with E-state index < -0.39 is 17.8 Å². The zero-order valence-electron chi connectivity index (χ0n) is 19.2. The Morgan fingerprint density at radius 3 is 2.57 bits per heavy atom. The molecule has 4 rings (SSSR count). The van der Waals surface area contributed by atoms with E-state index in [1.54, 1.807) is 19.1 Å². The van der Waals surface area contributed by atoms with Crippen LogP contribution in [0.1, 0.15) is 33.4 Å². The lowest BCUT2D eigenvalue weighted by molar-refractivity contribution is 0.0437. The summed E-state index contributed by atoms with van der Waals surface area (Å²) in [5, 5.41) is 3.23. The van der Waals surface area contributed by atoms with Gasteiger partial charge < -0.3 is 19.2 Å². The number of benzene rings is 2. The molecule has 0 aliphatic rings. The average molecular weight is 495 g/mol. The summed E-state index contributed by atoms with van der Waals surface area (Å²) in [6.07, 6.45) is 4.59. The molecule has 0 fully saturated rings. The quantitative estimate of drug-likeness (QED) is 0.240. The Hall–Kier alpha value is -3.98. The van der Waals surface area contributed by atoms with Crippen LogP contribution in [0, 0.1) is 5.82 Å². The molecule has 1 atom stereocenters. The third-order valence-electron chi connectivity index (χ3n) is 5.09. The van der Waals surface area contributed by atoms with Crippen LogP contribution >= 0.6 is 10.5 Å². The molecular formula is C26H23FN2O5S. The molecule has 0 saturated carbocycles. The Morgan fingerprint density at radius 1 is 1.11 bits per heavy atom. The van der Waals surface area contributed by atoms with E-state index in [-0.39, 0.29) is 52.0 Å². The van der Waals surface area contributed by atoms with Crippen molar-refractivity contribution in [2.45, 2.75) is 18.4 Å². The highest BCUT2D eigenvalue weighted by Crippen LogP contribution is 2.37. The summed E-state index contributed by atoms with van der Waals surface area (Å²) in [5.41, 5.74) is 1.15. The zero-order valence-corrected chi connectivity index (χ0v) is 20.0. The summed E-state index contributed by atoms with van der Waals surface area (Å²) in [6, 6.07) is 13.8. The first-order valence-electron chi connectivity index (χ1n) is 10.7. The lowest BCUT2D eigenvalue weighted by Crippen LogP contribution is -2.07. The molecule has 0 bridgehead atoms. The number of hydrogen-bond acceptors (Lipinski definition) is 7. The lowest BCUT2D eigenvalue weighted by Gasteiger charge is -2.10. The highest BCUT2D eigenvalue weighted by Gasteiger charge is 2.27. The van der Waals surface area contributed by atoms with E-state index >= 15 is 0 Å². The normalized spacial score (nSPS) is 11.7. The second-order valence-electron chi connectivity index (χ2n) is 7.56. The first-order chi connectivity index (χ1) is 16.9. The van der Waals surface area contributed by atoms with Crippen molar-refractivity contribution in [3.63, 3.8) is 0 Å². The molecule has 2 aromatic carbocycles. The molecule has 2 heterocycles. The van der Waals surface area contributed by atoms with E-state index in [0.717, 1.165) is 10.5 Å². The Balaban J connectivity index is 1.77. The Bertz CT molecular complexity index is 1420. The van der Waals surface area contributed by atoms with Crippen molar-refractivity contribution in [3.05, 3.63) is 83.6 Å². The number of halogens is 1. The highest BCUT2D eigenvalue weighted by atomic mass is 32.2. The zero-order chi connectivity index (χ0) is 24.9. The number of fused-ring (bicyclic) bond motifs is 1. The molecule has 1 N–H and O–H groups in total. The third kappa shape index (κ3) is 5.25. The second-order valence-corrected chi connectivity index (χ2v) is 9.30. The van der Waals surface area contributed by atoms with Crippen LogP contribution in [-0.2, 0) is 16.1 Å². The molecule has 0 amide bonds. The van der Waals surface area contributed by atoms with Crippen molar-refractivity contribution in [2.75, 3.05) is 18.2 Å². The predicted octanol–water partition coefficient (Wildman–Crippen LogP) is 5.93. The van der Waals surface area contributed by atoms with Gasteiger partial charge in [0.05, 0.1) is 17.7 Å². The van der Waals surface area contributed by atoms with Crippen LogP contribution in [-0.4, -0.2) is 35.7 Å². The molecule has 180 valence electrons. The van der Waals surface area contributed by atoms with Gasteiger partial charge in [0.25, 0.3) is 0 Å². The molecule has 2 aromatic heterocycles. The molecule has 0 aliphatic heterocycles. The van der Waals surface area contributed by atoms with E-state index in [2.05, 4.69) is 16.2 Å². The van der Waals surface area contributed by atoms with Crippen molar-refractivity contribution >= 4 is 50.6 Å². The van der Waals surface area contributed by atoms with Crippen LogP contribution in [0.3, 0.4) is 0 Å². The molecule has 35 heavy (non-hydrogen) atoms. The fraction of sp³-hybridized carbons (Fsp3) is 0.154. The number of hydrogen-bond donors (Lipinski definition) is 1. The van der Waals surface area contributed by atoms with E-state index in [4.69, 9.17) is 13.9 Å². The molecule has 1 unspecified atom stereocenters. The first-order valence-corrected chi connectivity index (χ1v) is 12.5. The highest BCUT2D eigenvalue weighted by molar-refractivity contribution is 8.13. The van der Waals surface area contributed by atoms with Crippen LogP contribution in [0.4, 0.5) is 15.8 Å². The van der Waals surface area contributed by atoms with Gasteiger partial charge in [0.1, 0.15) is 23.7 Å². The van der Waals surface area contributed by atoms with Crippen molar-refractivity contribution in [3.8, 4) is 0 Å². The molecule has 0 aliphatic carbocycles. The summed E-state index contributed by atoms with van der Waals surface area (Å²) in [4.78, 5) is 30.3. The Morgan fingerprint density at radius 2 is 1.89 bits per heavy atom. The van der Waals surface area contributed by atoms with Gasteiger partial charge in [-0.3, -0.25) is 4.98 Å².